The molecule has 4 nitrogen and oxygen atoms in total. The molecule has 0 saturated heterocycles. The van der Waals surface area contributed by atoms with Crippen molar-refractivity contribution in [2.24, 2.45) is 0 Å². The third-order valence-corrected chi connectivity index (χ3v) is 6.71. The number of thioether (sulfide) groups is 1. The molecule has 27 heavy (non-hydrogen) atoms. The summed E-state index contributed by atoms with van der Waals surface area (Å²) in [4.78, 5) is 27.1. The van der Waals surface area contributed by atoms with Crippen molar-refractivity contribution in [1.82, 2.24) is 10.2 Å². The quantitative estimate of drug-likeness (QED) is 0.613. The first-order chi connectivity index (χ1) is 13.1. The van der Waals surface area contributed by atoms with E-state index in [2.05, 4.69) is 17.4 Å². The van der Waals surface area contributed by atoms with Crippen molar-refractivity contribution in [3.63, 3.8) is 0 Å². The van der Waals surface area contributed by atoms with Gasteiger partial charge in [0.1, 0.15) is 0 Å². The van der Waals surface area contributed by atoms with Crippen LogP contribution in [-0.2, 0) is 4.79 Å². The van der Waals surface area contributed by atoms with Crippen molar-refractivity contribution in [2.75, 3.05) is 12.3 Å². The summed E-state index contributed by atoms with van der Waals surface area (Å²) in [5.41, 5.74) is 1.91. The molecular weight excluding hydrogens is 356 g/mol. The minimum Gasteiger partial charge on any atom is -0.356 e. The Balaban J connectivity index is 1.77. The van der Waals surface area contributed by atoms with Gasteiger partial charge < -0.3 is 5.32 Å². The normalized spacial score (nSPS) is 19.6. The zero-order chi connectivity index (χ0) is 19.2. The highest BCUT2D eigenvalue weighted by atomic mass is 32.2. The fourth-order valence-corrected chi connectivity index (χ4v) is 5.31. The standard InChI is InChI=1S/C22H28N2O2S/c1-3-24(19-7-5-4-6-8-19)22(26)18-9-10-21-20(15-18)17(12-14-27-21)11-13-23-16(2)25/h1,9-10,15,17,19H,4-8,11-14H2,2H3,(H,23,25). The molecule has 1 fully saturated rings. The Hall–Kier alpha value is -1.93. The van der Waals surface area contributed by atoms with E-state index in [1.165, 1.54) is 16.9 Å². The van der Waals surface area contributed by atoms with Crippen LogP contribution < -0.4 is 5.32 Å². The van der Waals surface area contributed by atoms with Gasteiger partial charge >= 0.3 is 0 Å². The van der Waals surface area contributed by atoms with Crippen molar-refractivity contribution >= 4 is 23.6 Å². The number of carbonyl (C=O) groups is 2. The maximum atomic E-state index is 13.1. The van der Waals surface area contributed by atoms with E-state index in [9.17, 15) is 9.59 Å². The number of carbonyl (C=O) groups excluding carboxylic acids is 2. The van der Waals surface area contributed by atoms with Gasteiger partial charge in [0, 0.05) is 36.0 Å². The van der Waals surface area contributed by atoms with E-state index >= 15 is 0 Å². The molecule has 0 aromatic heterocycles. The lowest BCUT2D eigenvalue weighted by Gasteiger charge is -2.30. The molecule has 0 bridgehead atoms. The van der Waals surface area contributed by atoms with E-state index in [1.54, 1.807) is 11.8 Å². The Morgan fingerprint density at radius 3 is 2.74 bits per heavy atom. The monoisotopic (exact) mass is 384 g/mol. The van der Waals surface area contributed by atoms with Crippen LogP contribution >= 0.6 is 11.8 Å². The average Bonchev–Trinajstić information content (AvgIpc) is 2.69. The molecule has 1 aromatic carbocycles. The minimum absolute atomic E-state index is 0.00137. The van der Waals surface area contributed by atoms with E-state index in [4.69, 9.17) is 6.42 Å². The highest BCUT2D eigenvalue weighted by Crippen LogP contribution is 2.39. The van der Waals surface area contributed by atoms with Crippen molar-refractivity contribution < 1.29 is 9.59 Å². The van der Waals surface area contributed by atoms with E-state index in [-0.39, 0.29) is 17.9 Å². The Morgan fingerprint density at radius 1 is 1.26 bits per heavy atom. The minimum atomic E-state index is -0.0524. The van der Waals surface area contributed by atoms with Crippen molar-refractivity contribution in [3.8, 4) is 12.5 Å². The number of terminal acetylenes is 1. The molecule has 1 N–H and O–H groups in total. The van der Waals surface area contributed by atoms with Gasteiger partial charge in [-0.3, -0.25) is 14.5 Å². The average molecular weight is 385 g/mol. The first-order valence-electron chi connectivity index (χ1n) is 9.91. The maximum absolute atomic E-state index is 13.1. The molecule has 2 amide bonds. The molecule has 144 valence electrons. The highest BCUT2D eigenvalue weighted by Gasteiger charge is 2.27. The molecular formula is C22H28N2O2S. The van der Waals surface area contributed by atoms with Gasteiger partial charge in [-0.25, -0.2) is 0 Å². The predicted octanol–water partition coefficient (Wildman–Crippen LogP) is 4.16. The summed E-state index contributed by atoms with van der Waals surface area (Å²) in [6, 6.07) is 8.82. The summed E-state index contributed by atoms with van der Waals surface area (Å²) < 4.78 is 0. The number of nitrogens with one attached hydrogen (secondary N) is 1. The largest absolute Gasteiger partial charge is 0.356 e. The van der Waals surface area contributed by atoms with Crippen LogP contribution in [0.4, 0.5) is 0 Å². The van der Waals surface area contributed by atoms with Crippen LogP contribution in [-0.4, -0.2) is 35.1 Å². The summed E-state index contributed by atoms with van der Waals surface area (Å²) in [7, 11) is 0. The second-order valence-corrected chi connectivity index (χ2v) is 8.59. The molecule has 1 aliphatic carbocycles. The molecule has 1 saturated carbocycles. The van der Waals surface area contributed by atoms with Gasteiger partial charge in [0.25, 0.3) is 5.91 Å². The van der Waals surface area contributed by atoms with E-state index in [0.717, 1.165) is 44.3 Å². The summed E-state index contributed by atoms with van der Waals surface area (Å²) in [5, 5.41) is 2.88. The van der Waals surface area contributed by atoms with Crippen molar-refractivity contribution in [3.05, 3.63) is 29.3 Å². The van der Waals surface area contributed by atoms with E-state index in [0.29, 0.717) is 18.0 Å². The van der Waals surface area contributed by atoms with Gasteiger partial charge in [-0.15, -0.1) is 11.8 Å². The summed E-state index contributed by atoms with van der Waals surface area (Å²) in [6.07, 6.45) is 13.2. The van der Waals surface area contributed by atoms with Crippen LogP contribution in [0.15, 0.2) is 23.1 Å². The number of rotatable bonds is 5. The fourth-order valence-electron chi connectivity index (χ4n) is 4.13. The molecule has 3 rings (SSSR count). The van der Waals surface area contributed by atoms with Crippen LogP contribution in [0.2, 0.25) is 0 Å². The Bertz CT molecular complexity index is 734. The maximum Gasteiger partial charge on any atom is 0.265 e. The smallest absolute Gasteiger partial charge is 0.265 e. The molecule has 0 radical (unpaired) electrons. The Labute approximate surface area is 166 Å². The van der Waals surface area contributed by atoms with Crippen LogP contribution in [0.1, 0.15) is 73.7 Å². The number of hydrogen-bond donors (Lipinski definition) is 1. The summed E-state index contributed by atoms with van der Waals surface area (Å²) >= 11 is 1.84. The predicted molar refractivity (Wildman–Crippen MR) is 110 cm³/mol. The zero-order valence-electron chi connectivity index (χ0n) is 16.0. The zero-order valence-corrected chi connectivity index (χ0v) is 16.8. The van der Waals surface area contributed by atoms with E-state index < -0.39 is 0 Å². The molecule has 1 unspecified atom stereocenters. The van der Waals surface area contributed by atoms with Gasteiger partial charge in [0.15, 0.2) is 0 Å². The van der Waals surface area contributed by atoms with Crippen LogP contribution in [0, 0.1) is 12.5 Å². The molecule has 1 aliphatic heterocycles. The SMILES string of the molecule is C#CN(C(=O)c1ccc2c(c1)C(CCNC(C)=O)CCS2)C1CCCCC1. The van der Waals surface area contributed by atoms with Crippen LogP contribution in [0.5, 0.6) is 0 Å². The van der Waals surface area contributed by atoms with Crippen LogP contribution in [0.3, 0.4) is 0 Å². The highest BCUT2D eigenvalue weighted by molar-refractivity contribution is 7.99. The molecule has 5 heteroatoms. The lowest BCUT2D eigenvalue weighted by Crippen LogP contribution is -2.38. The number of benzene rings is 1. The second kappa shape index (κ2) is 9.32. The summed E-state index contributed by atoms with van der Waals surface area (Å²) in [6.45, 7) is 2.21. The first kappa shape index (κ1) is 19.8. The first-order valence-corrected chi connectivity index (χ1v) is 10.9. The molecule has 1 heterocycles. The fraction of sp³-hybridized carbons (Fsp3) is 0.545. The van der Waals surface area contributed by atoms with Crippen molar-refractivity contribution in [1.29, 1.82) is 0 Å². The molecule has 1 atom stereocenters. The van der Waals surface area contributed by atoms with Crippen molar-refractivity contribution in [2.45, 2.75) is 68.7 Å². The van der Waals surface area contributed by atoms with Gasteiger partial charge in [-0.05, 0) is 61.1 Å². The third-order valence-electron chi connectivity index (χ3n) is 5.58. The number of nitrogens with zero attached hydrogens (tertiary/aromatic N) is 1. The Morgan fingerprint density at radius 2 is 2.04 bits per heavy atom. The number of fused-ring (bicyclic) bond motifs is 1. The lowest BCUT2D eigenvalue weighted by atomic mass is 9.90. The van der Waals surface area contributed by atoms with Crippen LogP contribution in [0.25, 0.3) is 0 Å². The van der Waals surface area contributed by atoms with Gasteiger partial charge in [-0.1, -0.05) is 25.7 Å². The molecule has 2 aliphatic rings. The van der Waals surface area contributed by atoms with E-state index in [1.807, 2.05) is 23.9 Å². The number of amides is 2. The second-order valence-electron chi connectivity index (χ2n) is 7.45. The van der Waals surface area contributed by atoms with Gasteiger partial charge in [0.2, 0.25) is 5.91 Å². The third kappa shape index (κ3) is 4.87. The molecule has 0 spiro atoms. The van der Waals surface area contributed by atoms with Gasteiger partial charge in [0.05, 0.1) is 0 Å². The summed E-state index contributed by atoms with van der Waals surface area (Å²) in [5.74, 6) is 1.39. The topological polar surface area (TPSA) is 49.4 Å². The number of hydrogen-bond acceptors (Lipinski definition) is 3. The molecule has 1 aromatic rings. The van der Waals surface area contributed by atoms with Gasteiger partial charge in [-0.2, -0.15) is 0 Å². The lowest BCUT2D eigenvalue weighted by molar-refractivity contribution is -0.118. The Kier molecular flexibility index (Phi) is 6.84.